The highest BCUT2D eigenvalue weighted by molar-refractivity contribution is 9.10. The van der Waals surface area contributed by atoms with Gasteiger partial charge >= 0.3 is 5.97 Å². The van der Waals surface area contributed by atoms with E-state index in [1.54, 1.807) is 12.1 Å². The average Bonchev–Trinajstić information content (AvgIpc) is 2.30. The fraction of sp³-hybridized carbons (Fsp3) is 0.417. The molecule has 0 spiro atoms. The van der Waals surface area contributed by atoms with Crippen molar-refractivity contribution in [1.29, 1.82) is 0 Å². The molecular formula is C12H15BrClNO2. The van der Waals surface area contributed by atoms with Crippen LogP contribution in [0.25, 0.3) is 0 Å². The molecule has 1 N–H and O–H groups in total. The zero-order valence-corrected chi connectivity index (χ0v) is 12.3. The highest BCUT2D eigenvalue weighted by atomic mass is 79.9. The zero-order valence-electron chi connectivity index (χ0n) is 9.96. The number of nitrogens with one attached hydrogen (secondary N) is 1. The van der Waals surface area contributed by atoms with Crippen LogP contribution in [0, 0.1) is 5.92 Å². The summed E-state index contributed by atoms with van der Waals surface area (Å²) in [7, 11) is 1.39. The molecular weight excluding hydrogens is 305 g/mol. The minimum absolute atomic E-state index is 0.0278. The Morgan fingerprint density at radius 2 is 2.12 bits per heavy atom. The number of rotatable bonds is 4. The van der Waals surface area contributed by atoms with Crippen LogP contribution >= 0.6 is 27.5 Å². The molecule has 0 aliphatic rings. The van der Waals surface area contributed by atoms with Crippen LogP contribution in [-0.2, 0) is 9.53 Å². The van der Waals surface area contributed by atoms with E-state index in [0.29, 0.717) is 5.02 Å². The summed E-state index contributed by atoms with van der Waals surface area (Å²) in [6.45, 7) is 3.76. The standard InChI is InChI=1S/C12H15BrClNO2/c1-7(12(16)17-3)8(2)15-11-5-4-9(14)6-10(11)13/h4-8,15H,1-3H3. The van der Waals surface area contributed by atoms with Crippen LogP contribution in [0.2, 0.25) is 5.02 Å². The summed E-state index contributed by atoms with van der Waals surface area (Å²) in [5, 5.41) is 3.91. The van der Waals surface area contributed by atoms with Gasteiger partial charge in [-0.3, -0.25) is 4.79 Å². The minimum Gasteiger partial charge on any atom is -0.469 e. The molecule has 2 unspecified atom stereocenters. The first-order valence-corrected chi connectivity index (χ1v) is 6.42. The monoisotopic (exact) mass is 319 g/mol. The molecule has 0 radical (unpaired) electrons. The van der Waals surface area contributed by atoms with Gasteiger partial charge in [0.1, 0.15) is 0 Å². The maximum Gasteiger partial charge on any atom is 0.310 e. The van der Waals surface area contributed by atoms with Crippen molar-refractivity contribution in [3.05, 3.63) is 27.7 Å². The van der Waals surface area contributed by atoms with Gasteiger partial charge in [-0.05, 0) is 48.0 Å². The van der Waals surface area contributed by atoms with Crippen LogP contribution in [0.1, 0.15) is 13.8 Å². The van der Waals surface area contributed by atoms with Crippen molar-refractivity contribution < 1.29 is 9.53 Å². The van der Waals surface area contributed by atoms with Crippen LogP contribution < -0.4 is 5.32 Å². The Labute approximate surface area is 115 Å². The van der Waals surface area contributed by atoms with Crippen molar-refractivity contribution in [3.8, 4) is 0 Å². The third-order valence-electron chi connectivity index (χ3n) is 2.64. The predicted octanol–water partition coefficient (Wildman–Crippen LogP) is 3.71. The zero-order chi connectivity index (χ0) is 13.0. The Kier molecular flexibility index (Phi) is 5.28. The van der Waals surface area contributed by atoms with Crippen LogP contribution in [0.3, 0.4) is 0 Å². The Morgan fingerprint density at radius 3 is 2.65 bits per heavy atom. The fourth-order valence-electron chi connectivity index (χ4n) is 1.37. The number of anilines is 1. The first kappa shape index (κ1) is 14.3. The second-order valence-corrected chi connectivity index (χ2v) is 5.16. The molecule has 0 aliphatic heterocycles. The van der Waals surface area contributed by atoms with Gasteiger partial charge in [-0.15, -0.1) is 0 Å². The summed E-state index contributed by atoms with van der Waals surface area (Å²) < 4.78 is 5.58. The van der Waals surface area contributed by atoms with Crippen molar-refractivity contribution in [2.45, 2.75) is 19.9 Å². The summed E-state index contributed by atoms with van der Waals surface area (Å²) in [4.78, 5) is 11.4. The van der Waals surface area contributed by atoms with Gasteiger partial charge in [0.05, 0.1) is 13.0 Å². The molecule has 0 heterocycles. The number of ether oxygens (including phenoxy) is 1. The number of benzene rings is 1. The summed E-state index contributed by atoms with van der Waals surface area (Å²) in [6, 6.07) is 5.44. The first-order valence-electron chi connectivity index (χ1n) is 5.25. The quantitative estimate of drug-likeness (QED) is 0.859. The Bertz CT molecular complexity index is 411. The molecule has 0 saturated carbocycles. The van der Waals surface area contributed by atoms with E-state index in [0.717, 1.165) is 10.2 Å². The number of esters is 1. The van der Waals surface area contributed by atoms with Crippen molar-refractivity contribution >= 4 is 39.2 Å². The van der Waals surface area contributed by atoms with Crippen molar-refractivity contribution in [3.63, 3.8) is 0 Å². The number of carbonyl (C=O) groups excluding carboxylic acids is 1. The number of carbonyl (C=O) groups is 1. The summed E-state index contributed by atoms with van der Waals surface area (Å²) in [6.07, 6.45) is 0. The van der Waals surface area contributed by atoms with Gasteiger partial charge in [-0.25, -0.2) is 0 Å². The largest absolute Gasteiger partial charge is 0.469 e. The molecule has 5 heteroatoms. The Hall–Kier alpha value is -0.740. The molecule has 94 valence electrons. The SMILES string of the molecule is COC(=O)C(C)C(C)Nc1ccc(Cl)cc1Br. The van der Waals surface area contributed by atoms with Gasteiger partial charge in [-0.1, -0.05) is 11.6 Å². The Balaban J connectivity index is 2.74. The maximum absolute atomic E-state index is 11.4. The van der Waals surface area contributed by atoms with Gasteiger partial charge in [0.2, 0.25) is 0 Å². The van der Waals surface area contributed by atoms with Crippen LogP contribution in [0.5, 0.6) is 0 Å². The number of hydrogen-bond donors (Lipinski definition) is 1. The van der Waals surface area contributed by atoms with Crippen molar-refractivity contribution in [1.82, 2.24) is 0 Å². The van der Waals surface area contributed by atoms with E-state index >= 15 is 0 Å². The molecule has 0 fully saturated rings. The molecule has 0 aromatic heterocycles. The van der Waals surface area contributed by atoms with E-state index in [1.807, 2.05) is 19.9 Å². The topological polar surface area (TPSA) is 38.3 Å². The third kappa shape index (κ3) is 3.89. The molecule has 0 aliphatic carbocycles. The molecule has 0 bridgehead atoms. The molecule has 1 rings (SSSR count). The van der Waals surface area contributed by atoms with E-state index in [1.165, 1.54) is 7.11 Å². The van der Waals surface area contributed by atoms with Gasteiger partial charge < -0.3 is 10.1 Å². The minimum atomic E-state index is -0.227. The molecule has 3 nitrogen and oxygen atoms in total. The fourth-order valence-corrected chi connectivity index (χ4v) is 2.16. The lowest BCUT2D eigenvalue weighted by atomic mass is 10.0. The average molecular weight is 321 g/mol. The van der Waals surface area contributed by atoms with E-state index in [4.69, 9.17) is 16.3 Å². The molecule has 1 aromatic rings. The Morgan fingerprint density at radius 1 is 1.47 bits per heavy atom. The second kappa shape index (κ2) is 6.26. The highest BCUT2D eigenvalue weighted by Gasteiger charge is 2.21. The molecule has 0 saturated heterocycles. The molecule has 0 amide bonds. The van der Waals surface area contributed by atoms with Gasteiger partial charge in [0.25, 0.3) is 0 Å². The first-order chi connectivity index (χ1) is 7.95. The summed E-state index contributed by atoms with van der Waals surface area (Å²) >= 11 is 9.27. The van der Waals surface area contributed by atoms with E-state index in [-0.39, 0.29) is 17.9 Å². The van der Waals surface area contributed by atoms with Crippen molar-refractivity contribution in [2.75, 3.05) is 12.4 Å². The van der Waals surface area contributed by atoms with Gasteiger partial charge in [0, 0.05) is 21.2 Å². The van der Waals surface area contributed by atoms with Crippen LogP contribution in [0.4, 0.5) is 5.69 Å². The van der Waals surface area contributed by atoms with E-state index in [2.05, 4.69) is 21.2 Å². The highest BCUT2D eigenvalue weighted by Crippen LogP contribution is 2.27. The van der Waals surface area contributed by atoms with E-state index < -0.39 is 0 Å². The predicted molar refractivity (Wildman–Crippen MR) is 73.4 cm³/mol. The normalized spacial score (nSPS) is 13.9. The number of methoxy groups -OCH3 is 1. The molecule has 1 aromatic carbocycles. The number of halogens is 2. The van der Waals surface area contributed by atoms with Crippen molar-refractivity contribution in [2.24, 2.45) is 5.92 Å². The lowest BCUT2D eigenvalue weighted by Gasteiger charge is -2.21. The van der Waals surface area contributed by atoms with Crippen LogP contribution in [0.15, 0.2) is 22.7 Å². The molecule has 2 atom stereocenters. The molecule has 17 heavy (non-hydrogen) atoms. The summed E-state index contributed by atoms with van der Waals surface area (Å²) in [5.74, 6) is -0.447. The second-order valence-electron chi connectivity index (χ2n) is 3.87. The van der Waals surface area contributed by atoms with Gasteiger partial charge in [-0.2, -0.15) is 0 Å². The smallest absolute Gasteiger partial charge is 0.310 e. The van der Waals surface area contributed by atoms with Crippen LogP contribution in [-0.4, -0.2) is 19.1 Å². The number of hydrogen-bond acceptors (Lipinski definition) is 3. The lowest BCUT2D eigenvalue weighted by Crippen LogP contribution is -2.30. The van der Waals surface area contributed by atoms with E-state index in [9.17, 15) is 4.79 Å². The van der Waals surface area contributed by atoms with Gasteiger partial charge in [0.15, 0.2) is 0 Å². The third-order valence-corrected chi connectivity index (χ3v) is 3.53. The summed E-state index contributed by atoms with van der Waals surface area (Å²) in [5.41, 5.74) is 0.901. The maximum atomic E-state index is 11.4. The lowest BCUT2D eigenvalue weighted by molar-refractivity contribution is -0.145.